The predicted octanol–water partition coefficient (Wildman–Crippen LogP) is 2.07. The molecule has 0 aliphatic carbocycles. The van der Waals surface area contributed by atoms with Gasteiger partial charge in [-0.2, -0.15) is 0 Å². The predicted molar refractivity (Wildman–Crippen MR) is 115 cm³/mol. The van der Waals surface area contributed by atoms with Gasteiger partial charge in [0.1, 0.15) is 12.4 Å². The normalized spacial score (nSPS) is 22.4. The van der Waals surface area contributed by atoms with Gasteiger partial charge in [0.2, 0.25) is 0 Å². The zero-order chi connectivity index (χ0) is 22.4. The van der Waals surface area contributed by atoms with Crippen molar-refractivity contribution in [2.24, 2.45) is 5.92 Å². The number of hydrogen-bond acceptors (Lipinski definition) is 7. The summed E-state index contributed by atoms with van der Waals surface area (Å²) in [4.78, 5) is 26.6. The molecule has 2 saturated heterocycles. The van der Waals surface area contributed by atoms with Gasteiger partial charge in [0, 0.05) is 19.2 Å². The molecule has 2 heterocycles. The van der Waals surface area contributed by atoms with Crippen LogP contribution in [0.2, 0.25) is 0 Å². The Balaban J connectivity index is 1.51. The molecule has 1 amide bonds. The van der Waals surface area contributed by atoms with E-state index >= 15 is 0 Å². The van der Waals surface area contributed by atoms with Crippen LogP contribution in [-0.4, -0.2) is 75.2 Å². The van der Waals surface area contributed by atoms with Crippen molar-refractivity contribution in [3.8, 4) is 5.75 Å². The molecule has 0 radical (unpaired) electrons. The Labute approximate surface area is 183 Å². The van der Waals surface area contributed by atoms with Gasteiger partial charge in [0.25, 0.3) is 5.91 Å². The topological polar surface area (TPSA) is 99.2 Å². The van der Waals surface area contributed by atoms with Crippen LogP contribution in [0.4, 0.5) is 0 Å². The van der Waals surface area contributed by atoms with E-state index in [0.717, 1.165) is 19.4 Å². The number of sulfone groups is 1. The van der Waals surface area contributed by atoms with Crippen molar-refractivity contribution in [1.82, 2.24) is 4.90 Å². The van der Waals surface area contributed by atoms with E-state index in [1.54, 1.807) is 29.2 Å². The first kappa shape index (κ1) is 23.5. The molecule has 1 aromatic carbocycles. The number of amides is 1. The largest absolute Gasteiger partial charge is 0.491 e. The minimum atomic E-state index is -3.12. The number of hydrogen-bond donors (Lipinski definition) is 0. The molecule has 172 valence electrons. The van der Waals surface area contributed by atoms with E-state index in [1.165, 1.54) is 0 Å². The Hall–Kier alpha value is -2.13. The summed E-state index contributed by atoms with van der Waals surface area (Å²) < 4.78 is 40.0. The van der Waals surface area contributed by atoms with Gasteiger partial charge in [-0.05, 0) is 49.4 Å². The van der Waals surface area contributed by atoms with E-state index < -0.39 is 22.4 Å². The molecule has 8 nitrogen and oxygen atoms in total. The second kappa shape index (κ2) is 10.5. The molecule has 0 spiro atoms. The van der Waals surface area contributed by atoms with Crippen LogP contribution >= 0.6 is 0 Å². The first-order valence-corrected chi connectivity index (χ1v) is 12.6. The van der Waals surface area contributed by atoms with Gasteiger partial charge >= 0.3 is 5.97 Å². The standard InChI is InChI=1S/C22H31NO7S/c1-16(2)12-23(18-9-11-31(26,27)15-18)21(24)14-30-22(25)17-5-7-19(8-6-17)29-13-20-4-3-10-28-20/h5-8,16,18,20H,3-4,9-15H2,1-2H3. The third-order valence-electron chi connectivity index (χ3n) is 5.41. The average Bonchev–Trinajstić information content (AvgIpc) is 3.38. The third-order valence-corrected chi connectivity index (χ3v) is 7.16. The van der Waals surface area contributed by atoms with Gasteiger partial charge in [-0.25, -0.2) is 13.2 Å². The fraction of sp³-hybridized carbons (Fsp3) is 0.636. The lowest BCUT2D eigenvalue weighted by atomic mass is 10.1. The molecule has 9 heteroatoms. The summed E-state index contributed by atoms with van der Waals surface area (Å²) in [6.07, 6.45) is 2.56. The first-order chi connectivity index (χ1) is 14.7. The number of carbonyl (C=O) groups excluding carboxylic acids is 2. The third kappa shape index (κ3) is 6.93. The molecule has 2 aliphatic rings. The second-order valence-electron chi connectivity index (χ2n) is 8.54. The summed E-state index contributed by atoms with van der Waals surface area (Å²) in [5.41, 5.74) is 0.316. The molecular formula is C22H31NO7S. The van der Waals surface area contributed by atoms with E-state index in [0.29, 0.717) is 30.9 Å². The van der Waals surface area contributed by atoms with Crippen molar-refractivity contribution in [3.05, 3.63) is 29.8 Å². The molecule has 2 aliphatic heterocycles. The molecule has 0 aromatic heterocycles. The molecule has 1 aromatic rings. The van der Waals surface area contributed by atoms with Crippen molar-refractivity contribution in [2.45, 2.75) is 45.3 Å². The van der Waals surface area contributed by atoms with Crippen LogP contribution in [0.1, 0.15) is 43.5 Å². The van der Waals surface area contributed by atoms with E-state index in [2.05, 4.69) is 0 Å². The maximum Gasteiger partial charge on any atom is 0.338 e. The number of ether oxygens (including phenoxy) is 3. The number of benzene rings is 1. The van der Waals surface area contributed by atoms with Crippen LogP contribution in [0.25, 0.3) is 0 Å². The fourth-order valence-electron chi connectivity index (χ4n) is 3.81. The number of rotatable bonds is 9. The summed E-state index contributed by atoms with van der Waals surface area (Å²) in [6, 6.07) is 6.18. The highest BCUT2D eigenvalue weighted by atomic mass is 32.2. The summed E-state index contributed by atoms with van der Waals surface area (Å²) in [6.45, 7) is 5.16. The SMILES string of the molecule is CC(C)CN(C(=O)COC(=O)c1ccc(OCC2CCCO2)cc1)C1CCS(=O)(=O)C1. The molecular weight excluding hydrogens is 422 g/mol. The smallest absolute Gasteiger partial charge is 0.338 e. The zero-order valence-corrected chi connectivity index (χ0v) is 18.9. The Kier molecular flexibility index (Phi) is 7.94. The van der Waals surface area contributed by atoms with Crippen molar-refractivity contribution in [2.75, 3.05) is 37.9 Å². The number of nitrogens with zero attached hydrogens (tertiary/aromatic N) is 1. The number of carbonyl (C=O) groups is 2. The van der Waals surface area contributed by atoms with Gasteiger partial charge in [-0.15, -0.1) is 0 Å². The van der Waals surface area contributed by atoms with Crippen LogP contribution in [-0.2, 0) is 24.1 Å². The molecule has 2 fully saturated rings. The highest BCUT2D eigenvalue weighted by Gasteiger charge is 2.35. The molecule has 2 atom stereocenters. The van der Waals surface area contributed by atoms with Gasteiger partial charge < -0.3 is 19.1 Å². The molecule has 0 N–H and O–H groups in total. The van der Waals surface area contributed by atoms with E-state index in [9.17, 15) is 18.0 Å². The Bertz CT molecular complexity index is 860. The second-order valence-corrected chi connectivity index (χ2v) is 10.8. The van der Waals surface area contributed by atoms with E-state index in [1.807, 2.05) is 13.8 Å². The van der Waals surface area contributed by atoms with Gasteiger partial charge in [-0.3, -0.25) is 4.79 Å². The van der Waals surface area contributed by atoms with E-state index in [4.69, 9.17) is 14.2 Å². The minimum Gasteiger partial charge on any atom is -0.491 e. The average molecular weight is 454 g/mol. The highest BCUT2D eigenvalue weighted by molar-refractivity contribution is 7.91. The monoisotopic (exact) mass is 453 g/mol. The molecule has 0 saturated carbocycles. The summed E-state index contributed by atoms with van der Waals surface area (Å²) in [7, 11) is -3.12. The van der Waals surface area contributed by atoms with Crippen molar-refractivity contribution in [1.29, 1.82) is 0 Å². The zero-order valence-electron chi connectivity index (χ0n) is 18.1. The molecule has 31 heavy (non-hydrogen) atoms. The Morgan fingerprint density at radius 2 is 1.94 bits per heavy atom. The Morgan fingerprint density at radius 3 is 2.52 bits per heavy atom. The van der Waals surface area contributed by atoms with Crippen LogP contribution < -0.4 is 4.74 Å². The highest BCUT2D eigenvalue weighted by Crippen LogP contribution is 2.20. The first-order valence-electron chi connectivity index (χ1n) is 10.7. The molecule has 0 bridgehead atoms. The summed E-state index contributed by atoms with van der Waals surface area (Å²) in [5, 5.41) is 0. The molecule has 3 rings (SSSR count). The number of esters is 1. The summed E-state index contributed by atoms with van der Waals surface area (Å²) >= 11 is 0. The molecule has 2 unspecified atom stereocenters. The maximum absolute atomic E-state index is 12.7. The maximum atomic E-state index is 12.7. The van der Waals surface area contributed by atoms with Crippen molar-refractivity contribution in [3.63, 3.8) is 0 Å². The van der Waals surface area contributed by atoms with Crippen LogP contribution in [0, 0.1) is 5.92 Å². The van der Waals surface area contributed by atoms with Gasteiger partial charge in [-0.1, -0.05) is 13.8 Å². The van der Waals surface area contributed by atoms with E-state index in [-0.39, 0.29) is 35.5 Å². The fourth-order valence-corrected chi connectivity index (χ4v) is 5.55. The lowest BCUT2D eigenvalue weighted by Crippen LogP contribution is -2.45. The lowest BCUT2D eigenvalue weighted by Gasteiger charge is -2.29. The Morgan fingerprint density at radius 1 is 1.19 bits per heavy atom. The van der Waals surface area contributed by atoms with Gasteiger partial charge in [0.05, 0.1) is 23.2 Å². The van der Waals surface area contributed by atoms with Crippen LogP contribution in [0.15, 0.2) is 24.3 Å². The van der Waals surface area contributed by atoms with Crippen LogP contribution in [0.3, 0.4) is 0 Å². The van der Waals surface area contributed by atoms with Crippen molar-refractivity contribution < 1.29 is 32.2 Å². The quantitative estimate of drug-likeness (QED) is 0.528. The minimum absolute atomic E-state index is 0.0350. The summed E-state index contributed by atoms with van der Waals surface area (Å²) in [5.74, 6) is -0.130. The van der Waals surface area contributed by atoms with Crippen molar-refractivity contribution >= 4 is 21.7 Å². The van der Waals surface area contributed by atoms with Crippen LogP contribution in [0.5, 0.6) is 5.75 Å². The van der Waals surface area contributed by atoms with Gasteiger partial charge in [0.15, 0.2) is 16.4 Å². The lowest BCUT2D eigenvalue weighted by molar-refractivity contribution is -0.137.